The Balaban J connectivity index is 1.49. The predicted octanol–water partition coefficient (Wildman–Crippen LogP) is -3.15. The molecule has 13 heteroatoms. The first-order chi connectivity index (χ1) is 15.7. The number of carbonyl (C=O) groups is 2. The van der Waals surface area contributed by atoms with Gasteiger partial charge in [-0.2, -0.15) is 0 Å². The van der Waals surface area contributed by atoms with Crippen LogP contribution in [0.5, 0.6) is 0 Å². The zero-order valence-electron chi connectivity index (χ0n) is 17.7. The molecule has 0 unspecified atom stereocenters. The van der Waals surface area contributed by atoms with E-state index >= 15 is 0 Å². The molecule has 0 bridgehead atoms. The summed E-state index contributed by atoms with van der Waals surface area (Å²) in [5.74, 6) is -4.42. The first kappa shape index (κ1) is 21.4. The third kappa shape index (κ3) is 2.89. The molecule has 5 rings (SSSR count). The van der Waals surface area contributed by atoms with Crippen molar-refractivity contribution < 1.29 is 25.0 Å². The summed E-state index contributed by atoms with van der Waals surface area (Å²) in [6.07, 6.45) is 3.70. The molecule has 176 valence electrons. The highest BCUT2D eigenvalue weighted by atomic mass is 16.5. The van der Waals surface area contributed by atoms with E-state index in [0.29, 0.717) is 5.56 Å². The van der Waals surface area contributed by atoms with Crippen molar-refractivity contribution in [1.29, 1.82) is 0 Å². The lowest BCUT2D eigenvalue weighted by Crippen LogP contribution is -2.78. The van der Waals surface area contributed by atoms with Gasteiger partial charge in [-0.1, -0.05) is 12.1 Å². The summed E-state index contributed by atoms with van der Waals surface area (Å²) >= 11 is 0. The predicted molar refractivity (Wildman–Crippen MR) is 115 cm³/mol. The van der Waals surface area contributed by atoms with E-state index in [0.717, 1.165) is 36.8 Å². The fraction of sp³-hybridized carbons (Fsp3) is 0.500. The van der Waals surface area contributed by atoms with Crippen molar-refractivity contribution in [3.05, 3.63) is 34.9 Å². The number of nitrogens with zero attached hydrogens (tertiary/aromatic N) is 3. The summed E-state index contributed by atoms with van der Waals surface area (Å²) in [5.41, 5.74) is 14.1. The third-order valence-electron chi connectivity index (χ3n) is 7.03. The maximum absolute atomic E-state index is 13.2. The molecule has 3 aliphatic heterocycles. The number of benzene rings is 1. The molecule has 4 atom stereocenters. The number of aliphatic hydroxyl groups is 2. The van der Waals surface area contributed by atoms with Gasteiger partial charge in [0.25, 0.3) is 11.8 Å². The van der Waals surface area contributed by atoms with Crippen LogP contribution in [0.3, 0.4) is 0 Å². The molecule has 33 heavy (non-hydrogen) atoms. The number of guanidine groups is 2. The molecule has 1 fully saturated rings. The van der Waals surface area contributed by atoms with Crippen LogP contribution < -0.4 is 27.6 Å². The second kappa shape index (κ2) is 7.30. The maximum Gasteiger partial charge on any atom is 0.270 e. The molecule has 1 spiro atoms. The number of hydrogen-bond acceptors (Lipinski definition) is 11. The molecule has 2 amide bonds. The molecule has 3 heterocycles. The Labute approximate surface area is 188 Å². The first-order valence-electron chi connectivity index (χ1n) is 10.7. The molecule has 1 aromatic carbocycles. The van der Waals surface area contributed by atoms with E-state index in [2.05, 4.69) is 20.6 Å². The minimum absolute atomic E-state index is 0.136. The van der Waals surface area contributed by atoms with Crippen LogP contribution in [0.2, 0.25) is 0 Å². The topological polar surface area (TPSA) is 211 Å². The van der Waals surface area contributed by atoms with E-state index in [9.17, 15) is 19.8 Å². The smallest absolute Gasteiger partial charge is 0.270 e. The maximum atomic E-state index is 13.2. The van der Waals surface area contributed by atoms with E-state index in [1.165, 1.54) is 10.4 Å². The molecule has 10 N–H and O–H groups in total. The van der Waals surface area contributed by atoms with E-state index in [-0.39, 0.29) is 18.5 Å². The number of amides is 2. The van der Waals surface area contributed by atoms with Gasteiger partial charge in [-0.25, -0.2) is 15.5 Å². The summed E-state index contributed by atoms with van der Waals surface area (Å²) in [6, 6.07) is 1.68. The molecule has 1 saturated heterocycles. The van der Waals surface area contributed by atoms with Crippen molar-refractivity contribution >= 4 is 23.7 Å². The molecular weight excluding hydrogens is 432 g/mol. The molecule has 1 aromatic rings. The number of nitrogens with one attached hydrogen (secondary N) is 3. The summed E-state index contributed by atoms with van der Waals surface area (Å²) < 4.78 is 0. The van der Waals surface area contributed by atoms with Gasteiger partial charge in [0.15, 0.2) is 23.6 Å². The highest BCUT2D eigenvalue weighted by Gasteiger charge is 2.74. The molecule has 0 radical (unpaired) electrons. The van der Waals surface area contributed by atoms with Crippen LogP contribution in [0.1, 0.15) is 34.3 Å². The molecule has 0 saturated carbocycles. The Morgan fingerprint density at radius 3 is 2.70 bits per heavy atom. The Morgan fingerprint density at radius 2 is 1.94 bits per heavy atom. The van der Waals surface area contributed by atoms with Gasteiger partial charge >= 0.3 is 0 Å². The van der Waals surface area contributed by atoms with E-state index in [1.807, 2.05) is 12.1 Å². The average Bonchev–Trinajstić information content (AvgIpc) is 3.27. The van der Waals surface area contributed by atoms with Gasteiger partial charge in [0.1, 0.15) is 12.1 Å². The highest BCUT2D eigenvalue weighted by molar-refractivity contribution is 5.97. The van der Waals surface area contributed by atoms with Gasteiger partial charge in [-0.05, 0) is 42.9 Å². The number of aliphatic imine (C=N–C) groups is 2. The molecule has 4 aliphatic rings. The van der Waals surface area contributed by atoms with Crippen LogP contribution in [0, 0.1) is 0 Å². The number of hydroxylamine groups is 1. The van der Waals surface area contributed by atoms with Crippen LogP contribution in [-0.2, 0) is 17.6 Å². The summed E-state index contributed by atoms with van der Waals surface area (Å²) in [7, 11) is 0. The number of nitrogens with two attached hydrogens (primary N) is 2. The lowest BCUT2D eigenvalue weighted by molar-refractivity contribution is -0.230. The van der Waals surface area contributed by atoms with Crippen molar-refractivity contribution in [2.45, 2.75) is 55.3 Å². The number of hydrogen-bond donors (Lipinski definition) is 8. The molecule has 0 aromatic heterocycles. The van der Waals surface area contributed by atoms with Gasteiger partial charge < -0.3 is 37.2 Å². The van der Waals surface area contributed by atoms with Crippen molar-refractivity contribution in [3.8, 4) is 0 Å². The number of carbonyl (C=O) groups excluding carboxylic acids is 2. The summed E-state index contributed by atoms with van der Waals surface area (Å²) in [5, 5.41) is 37.3. The van der Waals surface area contributed by atoms with Crippen LogP contribution in [-0.4, -0.2) is 80.2 Å². The Kier molecular flexibility index (Phi) is 4.74. The number of rotatable bonds is 3. The van der Waals surface area contributed by atoms with Gasteiger partial charge in [-0.15, -0.1) is 0 Å². The second-order valence-electron chi connectivity index (χ2n) is 8.77. The zero-order chi connectivity index (χ0) is 23.5. The van der Waals surface area contributed by atoms with Crippen LogP contribution in [0.4, 0.5) is 0 Å². The monoisotopic (exact) mass is 458 g/mol. The quantitative estimate of drug-likeness (QED) is 0.130. The van der Waals surface area contributed by atoms with Crippen molar-refractivity contribution in [1.82, 2.24) is 21.0 Å². The second-order valence-corrected chi connectivity index (χ2v) is 8.77. The van der Waals surface area contributed by atoms with Crippen molar-refractivity contribution in [2.24, 2.45) is 21.5 Å². The van der Waals surface area contributed by atoms with E-state index < -0.39 is 41.4 Å². The Hall–Kier alpha value is -3.42. The largest absolute Gasteiger partial charge is 0.370 e. The van der Waals surface area contributed by atoms with Crippen LogP contribution in [0.15, 0.2) is 28.2 Å². The molecule has 1 aliphatic carbocycles. The fourth-order valence-corrected chi connectivity index (χ4v) is 5.50. The number of fused-ring (bicyclic) bond motifs is 1. The standard InChI is InChI=1S/C20H26N8O5/c21-17-25-14-13(16(30)27-33)24-18(22)28-8-12(20(31,32)19(14,28)26-17)23-15(29)11-7-3-5-9-4-1-2-6-10(9)11/h3,5,7,12-14,31-33H,1-2,4,6,8H2,(H2,22,24)(H,23,29)(H,27,30)(H3,21,25,26)/t12-,13+,14-,19-/m0/s1. The van der Waals surface area contributed by atoms with Gasteiger partial charge in [0.05, 0.1) is 0 Å². The van der Waals surface area contributed by atoms with E-state index in [4.69, 9.17) is 16.7 Å². The summed E-state index contributed by atoms with van der Waals surface area (Å²) in [4.78, 5) is 35.0. The Bertz CT molecular complexity index is 1090. The highest BCUT2D eigenvalue weighted by Crippen LogP contribution is 2.44. The molecule has 13 nitrogen and oxygen atoms in total. The lowest BCUT2D eigenvalue weighted by atomic mass is 9.84. The van der Waals surface area contributed by atoms with Gasteiger partial charge in [0.2, 0.25) is 5.79 Å². The van der Waals surface area contributed by atoms with Crippen LogP contribution >= 0.6 is 0 Å². The average molecular weight is 458 g/mol. The normalized spacial score (nSPS) is 31.4. The minimum atomic E-state index is -2.67. The number of aryl methyl sites for hydroxylation is 1. The van der Waals surface area contributed by atoms with Crippen molar-refractivity contribution in [2.75, 3.05) is 6.54 Å². The summed E-state index contributed by atoms with van der Waals surface area (Å²) in [6.45, 7) is -0.136. The lowest BCUT2D eigenvalue weighted by Gasteiger charge is -2.48. The third-order valence-corrected chi connectivity index (χ3v) is 7.03. The van der Waals surface area contributed by atoms with Crippen molar-refractivity contribution in [3.63, 3.8) is 0 Å². The minimum Gasteiger partial charge on any atom is -0.370 e. The van der Waals surface area contributed by atoms with Gasteiger partial charge in [-0.3, -0.25) is 14.8 Å². The molecular formula is C20H26N8O5. The van der Waals surface area contributed by atoms with Crippen LogP contribution in [0.25, 0.3) is 0 Å². The van der Waals surface area contributed by atoms with E-state index in [1.54, 1.807) is 6.07 Å². The first-order valence-corrected chi connectivity index (χ1v) is 10.7. The Morgan fingerprint density at radius 1 is 1.18 bits per heavy atom. The van der Waals surface area contributed by atoms with Gasteiger partial charge in [0, 0.05) is 12.1 Å². The SMILES string of the molecule is NC1=N[C@H]2[C@H](C(=O)NO)N=C(N)N3C[C@H](NC(=O)c4cccc5c4CCCC5)C(O)(O)[C@]23N1. The zero-order valence-corrected chi connectivity index (χ0v) is 17.7. The fourth-order valence-electron chi connectivity index (χ4n) is 5.50.